The Morgan fingerprint density at radius 3 is 2.86 bits per heavy atom. The highest BCUT2D eigenvalue weighted by Gasteiger charge is 2.33. The molecule has 1 aromatic heterocycles. The SMILES string of the molecule is Cc1ncc(C(=O)NC2(C)CNC2)s1. The summed E-state index contributed by atoms with van der Waals surface area (Å²) in [5.74, 6) is -0.0143. The lowest BCUT2D eigenvalue weighted by Gasteiger charge is -2.39. The molecule has 5 heteroatoms. The van der Waals surface area contributed by atoms with Crippen LogP contribution < -0.4 is 10.6 Å². The molecule has 1 amide bonds. The van der Waals surface area contributed by atoms with Crippen LogP contribution in [0.2, 0.25) is 0 Å². The molecule has 1 aromatic rings. The van der Waals surface area contributed by atoms with Crippen LogP contribution in [0.15, 0.2) is 6.20 Å². The van der Waals surface area contributed by atoms with Gasteiger partial charge in [-0.25, -0.2) is 4.98 Å². The van der Waals surface area contributed by atoms with Crippen LogP contribution in [0.5, 0.6) is 0 Å². The van der Waals surface area contributed by atoms with E-state index in [0.29, 0.717) is 4.88 Å². The van der Waals surface area contributed by atoms with Crippen molar-refractivity contribution in [3.63, 3.8) is 0 Å². The van der Waals surface area contributed by atoms with E-state index in [1.54, 1.807) is 6.20 Å². The van der Waals surface area contributed by atoms with Gasteiger partial charge in [0.15, 0.2) is 0 Å². The third kappa shape index (κ3) is 1.78. The normalized spacial score (nSPS) is 18.7. The lowest BCUT2D eigenvalue weighted by Crippen LogP contribution is -2.66. The van der Waals surface area contributed by atoms with Gasteiger partial charge in [0, 0.05) is 13.1 Å². The predicted octanol–water partition coefficient (Wildman–Crippen LogP) is 0.543. The Morgan fingerprint density at radius 1 is 1.71 bits per heavy atom. The number of hydrogen-bond donors (Lipinski definition) is 2. The first-order chi connectivity index (χ1) is 6.59. The van der Waals surface area contributed by atoms with Gasteiger partial charge in [-0.1, -0.05) is 0 Å². The van der Waals surface area contributed by atoms with Crippen molar-refractivity contribution in [2.45, 2.75) is 19.4 Å². The average molecular weight is 211 g/mol. The van der Waals surface area contributed by atoms with Gasteiger partial charge in [-0.05, 0) is 13.8 Å². The maximum Gasteiger partial charge on any atom is 0.263 e. The minimum absolute atomic E-state index is 0.0143. The van der Waals surface area contributed by atoms with E-state index in [0.717, 1.165) is 18.1 Å². The summed E-state index contributed by atoms with van der Waals surface area (Å²) in [5.41, 5.74) is -0.0744. The Hall–Kier alpha value is -0.940. The van der Waals surface area contributed by atoms with E-state index >= 15 is 0 Å². The van der Waals surface area contributed by atoms with Crippen molar-refractivity contribution in [3.8, 4) is 0 Å². The molecule has 1 saturated heterocycles. The Bertz CT molecular complexity index is 357. The number of nitrogens with zero attached hydrogens (tertiary/aromatic N) is 1. The highest BCUT2D eigenvalue weighted by Crippen LogP contribution is 2.15. The molecule has 2 heterocycles. The van der Waals surface area contributed by atoms with E-state index < -0.39 is 0 Å². The first-order valence-electron chi connectivity index (χ1n) is 4.55. The predicted molar refractivity (Wildman–Crippen MR) is 55.6 cm³/mol. The summed E-state index contributed by atoms with van der Waals surface area (Å²) in [6, 6.07) is 0. The van der Waals surface area contributed by atoms with Gasteiger partial charge in [-0.3, -0.25) is 4.79 Å². The third-order valence-electron chi connectivity index (χ3n) is 2.29. The fourth-order valence-electron chi connectivity index (χ4n) is 1.39. The van der Waals surface area contributed by atoms with Crippen molar-refractivity contribution in [1.29, 1.82) is 0 Å². The van der Waals surface area contributed by atoms with Crippen molar-refractivity contribution in [3.05, 3.63) is 16.1 Å². The second-order valence-electron chi connectivity index (χ2n) is 3.86. The second kappa shape index (κ2) is 3.33. The minimum atomic E-state index is -0.0744. The van der Waals surface area contributed by atoms with Gasteiger partial charge in [0.1, 0.15) is 4.88 Å². The lowest BCUT2D eigenvalue weighted by molar-refractivity contribution is 0.0876. The van der Waals surface area contributed by atoms with Gasteiger partial charge in [-0.15, -0.1) is 11.3 Å². The van der Waals surface area contributed by atoms with Gasteiger partial charge >= 0.3 is 0 Å². The quantitative estimate of drug-likeness (QED) is 0.751. The molecule has 0 bridgehead atoms. The van der Waals surface area contributed by atoms with Gasteiger partial charge in [0.05, 0.1) is 16.7 Å². The molecule has 0 unspecified atom stereocenters. The number of amides is 1. The molecule has 0 aliphatic carbocycles. The number of carbonyl (C=O) groups excluding carboxylic acids is 1. The summed E-state index contributed by atoms with van der Waals surface area (Å²) in [5, 5.41) is 7.05. The maximum atomic E-state index is 11.7. The molecule has 14 heavy (non-hydrogen) atoms. The molecule has 0 radical (unpaired) electrons. The standard InChI is InChI=1S/C9H13N3OS/c1-6-11-3-7(14-6)8(13)12-9(2)4-10-5-9/h3,10H,4-5H2,1-2H3,(H,12,13). The summed E-state index contributed by atoms with van der Waals surface area (Å²) in [7, 11) is 0. The van der Waals surface area contributed by atoms with Crippen LogP contribution in [0.1, 0.15) is 21.6 Å². The fraction of sp³-hybridized carbons (Fsp3) is 0.556. The summed E-state index contributed by atoms with van der Waals surface area (Å²) in [6.45, 7) is 5.62. The van der Waals surface area contributed by atoms with Gasteiger partial charge in [0.25, 0.3) is 5.91 Å². The number of hydrogen-bond acceptors (Lipinski definition) is 4. The van der Waals surface area contributed by atoms with Crippen LogP contribution in [0.3, 0.4) is 0 Å². The van der Waals surface area contributed by atoms with Crippen molar-refractivity contribution < 1.29 is 4.79 Å². The highest BCUT2D eigenvalue weighted by atomic mass is 32.1. The van der Waals surface area contributed by atoms with E-state index in [1.807, 2.05) is 13.8 Å². The number of thiazole rings is 1. The number of aryl methyl sites for hydroxylation is 1. The molecule has 1 fully saturated rings. The number of carbonyl (C=O) groups is 1. The Kier molecular flexibility index (Phi) is 2.28. The molecule has 0 aromatic carbocycles. The lowest BCUT2D eigenvalue weighted by atomic mass is 9.95. The molecule has 2 N–H and O–H groups in total. The molecular weight excluding hydrogens is 198 g/mol. The molecule has 76 valence electrons. The van der Waals surface area contributed by atoms with E-state index in [2.05, 4.69) is 15.6 Å². The highest BCUT2D eigenvalue weighted by molar-refractivity contribution is 7.13. The largest absolute Gasteiger partial charge is 0.344 e. The van der Waals surface area contributed by atoms with Crippen LogP contribution in [-0.2, 0) is 0 Å². The van der Waals surface area contributed by atoms with Crippen LogP contribution in [0, 0.1) is 6.92 Å². The first-order valence-corrected chi connectivity index (χ1v) is 5.36. The molecule has 0 spiro atoms. The summed E-state index contributed by atoms with van der Waals surface area (Å²) < 4.78 is 0. The first kappa shape index (κ1) is 9.61. The van der Waals surface area contributed by atoms with Gasteiger partial charge < -0.3 is 10.6 Å². The molecule has 1 aliphatic heterocycles. The van der Waals surface area contributed by atoms with Crippen molar-refractivity contribution in [1.82, 2.24) is 15.6 Å². The van der Waals surface area contributed by atoms with E-state index in [1.165, 1.54) is 11.3 Å². The zero-order chi connectivity index (χ0) is 10.2. The van der Waals surface area contributed by atoms with Crippen molar-refractivity contribution >= 4 is 17.2 Å². The van der Waals surface area contributed by atoms with E-state index in [4.69, 9.17) is 0 Å². The van der Waals surface area contributed by atoms with E-state index in [9.17, 15) is 4.79 Å². The minimum Gasteiger partial charge on any atom is -0.344 e. The zero-order valence-corrected chi connectivity index (χ0v) is 9.07. The van der Waals surface area contributed by atoms with Crippen molar-refractivity contribution in [2.24, 2.45) is 0 Å². The Balaban J connectivity index is 2.02. The number of aromatic nitrogens is 1. The summed E-state index contributed by atoms with van der Waals surface area (Å²) >= 11 is 1.43. The third-order valence-corrected chi connectivity index (χ3v) is 3.20. The van der Waals surface area contributed by atoms with Crippen LogP contribution >= 0.6 is 11.3 Å². The average Bonchev–Trinajstić information content (AvgIpc) is 2.49. The molecule has 0 saturated carbocycles. The smallest absolute Gasteiger partial charge is 0.263 e. The number of rotatable bonds is 2. The topological polar surface area (TPSA) is 54.0 Å². The van der Waals surface area contributed by atoms with Crippen LogP contribution in [-0.4, -0.2) is 29.5 Å². The number of nitrogens with one attached hydrogen (secondary N) is 2. The molecule has 4 nitrogen and oxygen atoms in total. The summed E-state index contributed by atoms with van der Waals surface area (Å²) in [6.07, 6.45) is 1.63. The molecule has 2 rings (SSSR count). The van der Waals surface area contributed by atoms with Gasteiger partial charge in [-0.2, -0.15) is 0 Å². The zero-order valence-electron chi connectivity index (χ0n) is 8.26. The summed E-state index contributed by atoms with van der Waals surface area (Å²) in [4.78, 5) is 16.4. The Morgan fingerprint density at radius 2 is 2.43 bits per heavy atom. The van der Waals surface area contributed by atoms with E-state index in [-0.39, 0.29) is 11.4 Å². The van der Waals surface area contributed by atoms with Crippen LogP contribution in [0.4, 0.5) is 0 Å². The second-order valence-corrected chi connectivity index (χ2v) is 5.10. The monoisotopic (exact) mass is 211 g/mol. The maximum absolute atomic E-state index is 11.7. The molecular formula is C9H13N3OS. The van der Waals surface area contributed by atoms with Gasteiger partial charge in [0.2, 0.25) is 0 Å². The van der Waals surface area contributed by atoms with Crippen LogP contribution in [0.25, 0.3) is 0 Å². The molecule has 0 atom stereocenters. The fourth-order valence-corrected chi connectivity index (χ4v) is 2.06. The Labute approximate surface area is 86.7 Å². The molecule has 1 aliphatic rings. The van der Waals surface area contributed by atoms with Crippen molar-refractivity contribution in [2.75, 3.05) is 13.1 Å².